The second kappa shape index (κ2) is 16.2. The van der Waals surface area contributed by atoms with Crippen LogP contribution in [0.1, 0.15) is 65.7 Å². The van der Waals surface area contributed by atoms with Gasteiger partial charge in [0.05, 0.1) is 28.9 Å². The number of benzene rings is 2. The molecule has 0 saturated heterocycles. The highest BCUT2D eigenvalue weighted by molar-refractivity contribution is 6.36. The first kappa shape index (κ1) is 37.4. The Morgan fingerprint density at radius 2 is 1.80 bits per heavy atom. The van der Waals surface area contributed by atoms with Crippen LogP contribution < -0.4 is 16.0 Å². The zero-order valence-corrected chi connectivity index (χ0v) is 31.7. The highest BCUT2D eigenvalue weighted by Gasteiger charge is 2.30. The van der Waals surface area contributed by atoms with Crippen molar-refractivity contribution in [3.63, 3.8) is 0 Å². The Kier molecular flexibility index (Phi) is 11.3. The molecule has 0 bridgehead atoms. The van der Waals surface area contributed by atoms with E-state index in [-0.39, 0.29) is 24.5 Å². The summed E-state index contributed by atoms with van der Waals surface area (Å²) in [7, 11) is 1.89. The van der Waals surface area contributed by atoms with Crippen molar-refractivity contribution in [1.82, 2.24) is 29.7 Å². The van der Waals surface area contributed by atoms with E-state index < -0.39 is 5.97 Å². The number of carboxylic acids is 1. The Hall–Kier alpha value is -4.88. The number of halogens is 1. The van der Waals surface area contributed by atoms with Crippen LogP contribution in [-0.2, 0) is 31.4 Å². The van der Waals surface area contributed by atoms with Crippen LogP contribution in [0.5, 0.6) is 0 Å². The molecule has 13 heteroatoms. The van der Waals surface area contributed by atoms with Gasteiger partial charge in [-0.1, -0.05) is 35.9 Å². The Balaban J connectivity index is 1.05. The SMILES string of the molecule is Cc1c(Nc2nccc3cc(CNC(C)CO)cnc23)cccc1-c1cccc(NC(=O)c2nc3c(n2C)CCN(C[C@H]2CC[C@H](C(=O)O)CC2)C3)c1Cl. The Labute approximate surface area is 320 Å². The van der Waals surface area contributed by atoms with Gasteiger partial charge < -0.3 is 30.7 Å². The number of nitrogens with zero attached hydrogens (tertiary/aromatic N) is 5. The fourth-order valence-corrected chi connectivity index (χ4v) is 8.03. The summed E-state index contributed by atoms with van der Waals surface area (Å²) in [6.45, 7) is 7.08. The maximum absolute atomic E-state index is 13.7. The summed E-state index contributed by atoms with van der Waals surface area (Å²) in [5, 5.41) is 29.9. The lowest BCUT2D eigenvalue weighted by atomic mass is 9.81. The predicted octanol–water partition coefficient (Wildman–Crippen LogP) is 6.71. The number of aliphatic hydroxyl groups is 1. The molecule has 5 aromatic rings. The van der Waals surface area contributed by atoms with Crippen LogP contribution in [0.3, 0.4) is 0 Å². The number of hydrogen-bond donors (Lipinski definition) is 5. The molecule has 2 aromatic carbocycles. The average Bonchev–Trinajstić information content (AvgIpc) is 3.51. The number of amides is 1. The lowest BCUT2D eigenvalue weighted by Gasteiger charge is -2.33. The summed E-state index contributed by atoms with van der Waals surface area (Å²) >= 11 is 7.04. The number of carbonyl (C=O) groups excluding carboxylic acids is 1. The lowest BCUT2D eigenvalue weighted by Crippen LogP contribution is -2.36. The minimum Gasteiger partial charge on any atom is -0.481 e. The lowest BCUT2D eigenvalue weighted by molar-refractivity contribution is -0.143. The number of fused-ring (bicyclic) bond motifs is 2. The molecule has 0 radical (unpaired) electrons. The smallest absolute Gasteiger partial charge is 0.306 e. The van der Waals surface area contributed by atoms with Gasteiger partial charge in [0.1, 0.15) is 5.52 Å². The van der Waals surface area contributed by atoms with Gasteiger partial charge in [0.25, 0.3) is 5.91 Å². The number of aromatic nitrogens is 4. The van der Waals surface area contributed by atoms with Gasteiger partial charge in [-0.25, -0.2) is 9.97 Å². The molecule has 12 nitrogen and oxygen atoms in total. The van der Waals surface area contributed by atoms with E-state index in [4.69, 9.17) is 21.6 Å². The van der Waals surface area contributed by atoms with E-state index in [0.717, 1.165) is 95.4 Å². The summed E-state index contributed by atoms with van der Waals surface area (Å²) < 4.78 is 1.89. The van der Waals surface area contributed by atoms with E-state index >= 15 is 0 Å². The van der Waals surface area contributed by atoms with E-state index in [1.54, 1.807) is 12.3 Å². The molecule has 1 amide bonds. The number of anilines is 3. The number of pyridine rings is 2. The largest absolute Gasteiger partial charge is 0.481 e. The van der Waals surface area contributed by atoms with Gasteiger partial charge in [-0.05, 0) is 86.4 Å². The molecule has 1 aliphatic carbocycles. The summed E-state index contributed by atoms with van der Waals surface area (Å²) in [4.78, 5) is 41.6. The number of carbonyl (C=O) groups is 2. The van der Waals surface area contributed by atoms with Crippen molar-refractivity contribution in [2.45, 2.75) is 65.1 Å². The molecular weight excluding hydrogens is 704 g/mol. The number of nitrogens with one attached hydrogen (secondary N) is 3. The maximum atomic E-state index is 13.7. The van der Waals surface area contributed by atoms with E-state index in [9.17, 15) is 19.8 Å². The maximum Gasteiger partial charge on any atom is 0.306 e. The molecule has 54 heavy (non-hydrogen) atoms. The van der Waals surface area contributed by atoms with Crippen molar-refractivity contribution in [2.24, 2.45) is 18.9 Å². The van der Waals surface area contributed by atoms with Crippen molar-refractivity contribution in [2.75, 3.05) is 30.3 Å². The van der Waals surface area contributed by atoms with E-state index in [1.165, 1.54) is 0 Å². The quantitative estimate of drug-likeness (QED) is 0.0929. The molecule has 0 spiro atoms. The number of rotatable bonds is 12. The highest BCUT2D eigenvalue weighted by atomic mass is 35.5. The van der Waals surface area contributed by atoms with Crippen LogP contribution >= 0.6 is 11.6 Å². The van der Waals surface area contributed by atoms with Crippen LogP contribution in [0.15, 0.2) is 60.9 Å². The van der Waals surface area contributed by atoms with Crippen molar-refractivity contribution in [1.29, 1.82) is 0 Å². The molecule has 1 fully saturated rings. The van der Waals surface area contributed by atoms with Gasteiger partial charge in [-0.2, -0.15) is 0 Å². The molecule has 3 aromatic heterocycles. The molecule has 2 aliphatic rings. The predicted molar refractivity (Wildman–Crippen MR) is 211 cm³/mol. The third kappa shape index (κ3) is 7.97. The molecule has 7 rings (SSSR count). The summed E-state index contributed by atoms with van der Waals surface area (Å²) in [6.07, 6.45) is 7.72. The van der Waals surface area contributed by atoms with Crippen LogP contribution in [0, 0.1) is 18.8 Å². The monoisotopic (exact) mass is 750 g/mol. The van der Waals surface area contributed by atoms with Crippen LogP contribution in [0.25, 0.3) is 22.0 Å². The Bertz CT molecular complexity index is 2180. The van der Waals surface area contributed by atoms with Crippen molar-refractivity contribution in [3.05, 3.63) is 94.3 Å². The Morgan fingerprint density at radius 3 is 2.56 bits per heavy atom. The van der Waals surface area contributed by atoms with Gasteiger partial charge in [-0.15, -0.1) is 0 Å². The van der Waals surface area contributed by atoms with Crippen LogP contribution in [0.4, 0.5) is 17.2 Å². The summed E-state index contributed by atoms with van der Waals surface area (Å²) in [5.74, 6) is 0.239. The number of aliphatic hydroxyl groups excluding tert-OH is 1. The fourth-order valence-electron chi connectivity index (χ4n) is 7.75. The molecule has 1 unspecified atom stereocenters. The molecule has 1 atom stereocenters. The standard InChI is InChI=1S/C41H47ClN8O4/c1-24(23-51)44-19-27-18-29-14-16-43-38(37(29)45-20-27)46-32-8-4-6-30(25(32)2)31-7-5-9-33(36(31)42)48-40(52)39-47-34-22-50(17-15-35(34)49(39)3)21-26-10-12-28(13-11-26)41(53)54/h4-9,14,16,18,20,24,26,28,44,51H,10-13,15,17,19,21-23H2,1-3H3,(H,43,46)(H,48,52)(H,53,54)/t24?,26-,28-. The second-order valence-corrected chi connectivity index (χ2v) is 15.1. The summed E-state index contributed by atoms with van der Waals surface area (Å²) in [6, 6.07) is 15.6. The van der Waals surface area contributed by atoms with Crippen molar-refractivity contribution in [3.8, 4) is 11.1 Å². The first-order valence-corrected chi connectivity index (χ1v) is 19.0. The fraction of sp³-hybridized carbons (Fsp3) is 0.390. The summed E-state index contributed by atoms with van der Waals surface area (Å²) in [5.41, 5.74) is 7.72. The van der Waals surface area contributed by atoms with Gasteiger partial charge >= 0.3 is 5.97 Å². The number of aliphatic carboxylic acids is 1. The third-order valence-corrected chi connectivity index (χ3v) is 11.4. The molecule has 5 N–H and O–H groups in total. The van der Waals surface area contributed by atoms with E-state index in [2.05, 4.69) is 31.9 Å². The Morgan fingerprint density at radius 1 is 1.04 bits per heavy atom. The van der Waals surface area contributed by atoms with E-state index in [1.807, 2.05) is 68.1 Å². The van der Waals surface area contributed by atoms with Gasteiger partial charge in [0.2, 0.25) is 0 Å². The topological polar surface area (TPSA) is 158 Å². The molecule has 1 saturated carbocycles. The van der Waals surface area contributed by atoms with Crippen molar-refractivity contribution >= 4 is 51.6 Å². The van der Waals surface area contributed by atoms with Gasteiger partial charge in [-0.3, -0.25) is 19.5 Å². The minimum absolute atomic E-state index is 0.00858. The molecule has 1 aliphatic heterocycles. The number of imidazole rings is 1. The van der Waals surface area contributed by atoms with Gasteiger partial charge in [0.15, 0.2) is 11.6 Å². The van der Waals surface area contributed by atoms with Crippen LogP contribution in [-0.4, -0.2) is 72.2 Å². The first-order valence-electron chi connectivity index (χ1n) is 18.6. The first-order chi connectivity index (χ1) is 26.1. The van der Waals surface area contributed by atoms with Crippen LogP contribution in [0.2, 0.25) is 5.02 Å². The average molecular weight is 751 g/mol. The van der Waals surface area contributed by atoms with E-state index in [0.29, 0.717) is 41.4 Å². The molecule has 4 heterocycles. The third-order valence-electron chi connectivity index (χ3n) is 11.0. The van der Waals surface area contributed by atoms with Crippen molar-refractivity contribution < 1.29 is 19.8 Å². The molecule has 282 valence electrons. The second-order valence-electron chi connectivity index (χ2n) is 14.7. The zero-order chi connectivity index (χ0) is 37.9. The zero-order valence-electron chi connectivity index (χ0n) is 30.9. The number of carboxylic acid groups (broad SMARTS) is 1. The molecular formula is C41H47ClN8O4. The van der Waals surface area contributed by atoms with Gasteiger partial charge in [0, 0.05) is 80.4 Å². The highest BCUT2D eigenvalue weighted by Crippen LogP contribution is 2.39. The normalized spacial score (nSPS) is 17.9. The number of hydrogen-bond acceptors (Lipinski definition) is 9. The minimum atomic E-state index is -0.678.